The number of nitrogens with one attached hydrogen (secondary N) is 1. The SMILES string of the molecule is CCOC(=O)CCSc1ccc2c(=O)n(Cc3cccc(NC(=O)OC(C)(C)C)c3)ncc2c1. The van der Waals surface area contributed by atoms with Crippen LogP contribution in [0.25, 0.3) is 10.8 Å². The van der Waals surface area contributed by atoms with Gasteiger partial charge in [0.25, 0.3) is 5.56 Å². The monoisotopic (exact) mass is 483 g/mol. The highest BCUT2D eigenvalue weighted by atomic mass is 32.2. The summed E-state index contributed by atoms with van der Waals surface area (Å²) in [6, 6.07) is 12.8. The van der Waals surface area contributed by atoms with Crippen LogP contribution in [0.5, 0.6) is 0 Å². The Labute approximate surface area is 202 Å². The zero-order valence-electron chi connectivity index (χ0n) is 19.8. The molecule has 9 heteroatoms. The summed E-state index contributed by atoms with van der Waals surface area (Å²) >= 11 is 1.53. The lowest BCUT2D eigenvalue weighted by molar-refractivity contribution is -0.142. The van der Waals surface area contributed by atoms with Crippen molar-refractivity contribution >= 4 is 40.3 Å². The number of hydrogen-bond donors (Lipinski definition) is 1. The minimum Gasteiger partial charge on any atom is -0.466 e. The van der Waals surface area contributed by atoms with Crippen LogP contribution >= 0.6 is 11.8 Å². The van der Waals surface area contributed by atoms with Gasteiger partial charge in [-0.3, -0.25) is 14.9 Å². The number of amides is 1. The molecule has 0 unspecified atom stereocenters. The smallest absolute Gasteiger partial charge is 0.412 e. The van der Waals surface area contributed by atoms with Crippen molar-refractivity contribution in [3.05, 3.63) is 64.6 Å². The van der Waals surface area contributed by atoms with Gasteiger partial charge in [0.1, 0.15) is 5.60 Å². The van der Waals surface area contributed by atoms with E-state index >= 15 is 0 Å². The maximum atomic E-state index is 13.0. The van der Waals surface area contributed by atoms with E-state index in [4.69, 9.17) is 9.47 Å². The van der Waals surface area contributed by atoms with E-state index in [1.165, 1.54) is 16.4 Å². The molecule has 3 rings (SSSR count). The van der Waals surface area contributed by atoms with Crippen LogP contribution in [-0.4, -0.2) is 39.8 Å². The highest BCUT2D eigenvalue weighted by Crippen LogP contribution is 2.23. The van der Waals surface area contributed by atoms with Crippen molar-refractivity contribution in [1.82, 2.24) is 9.78 Å². The number of benzene rings is 2. The predicted molar refractivity (Wildman–Crippen MR) is 133 cm³/mol. The van der Waals surface area contributed by atoms with Crippen molar-refractivity contribution in [2.75, 3.05) is 17.7 Å². The molecule has 2 aromatic carbocycles. The van der Waals surface area contributed by atoms with Gasteiger partial charge in [-0.1, -0.05) is 12.1 Å². The first-order chi connectivity index (χ1) is 16.1. The number of aromatic nitrogens is 2. The molecule has 3 aromatic rings. The van der Waals surface area contributed by atoms with Crippen LogP contribution in [0.1, 0.15) is 39.7 Å². The lowest BCUT2D eigenvalue weighted by atomic mass is 10.2. The second kappa shape index (κ2) is 11.2. The Hall–Kier alpha value is -3.33. The topological polar surface area (TPSA) is 99.5 Å². The molecule has 0 saturated heterocycles. The van der Waals surface area contributed by atoms with Crippen LogP contribution in [0.3, 0.4) is 0 Å². The summed E-state index contributed by atoms with van der Waals surface area (Å²) in [4.78, 5) is 37.5. The maximum Gasteiger partial charge on any atom is 0.412 e. The fourth-order valence-corrected chi connectivity index (χ4v) is 4.07. The molecule has 8 nitrogen and oxygen atoms in total. The van der Waals surface area contributed by atoms with Gasteiger partial charge in [-0.05, 0) is 63.6 Å². The van der Waals surface area contributed by atoms with Crippen LogP contribution in [0.4, 0.5) is 10.5 Å². The average molecular weight is 484 g/mol. The van der Waals surface area contributed by atoms with Crippen molar-refractivity contribution in [2.24, 2.45) is 0 Å². The van der Waals surface area contributed by atoms with Crippen LogP contribution in [0, 0.1) is 0 Å². The third-order valence-corrected chi connectivity index (χ3v) is 5.60. The van der Waals surface area contributed by atoms with Gasteiger partial charge in [0, 0.05) is 21.7 Å². The van der Waals surface area contributed by atoms with Crippen LogP contribution in [0.2, 0.25) is 0 Å². The Morgan fingerprint density at radius 1 is 1.15 bits per heavy atom. The number of fused-ring (bicyclic) bond motifs is 1. The summed E-state index contributed by atoms with van der Waals surface area (Å²) in [5, 5.41) is 8.33. The summed E-state index contributed by atoms with van der Waals surface area (Å²) in [6.45, 7) is 7.81. The Kier molecular flexibility index (Phi) is 8.33. The highest BCUT2D eigenvalue weighted by molar-refractivity contribution is 7.99. The second-order valence-electron chi connectivity index (χ2n) is 8.59. The molecule has 0 bridgehead atoms. The lowest BCUT2D eigenvalue weighted by Gasteiger charge is -2.19. The standard InChI is InChI=1S/C25H29N3O5S/c1-5-32-22(29)11-12-34-20-9-10-21-18(14-20)15-26-28(23(21)30)16-17-7-6-8-19(13-17)27-24(31)33-25(2,3)4/h6-10,13-15H,5,11-12,16H2,1-4H3,(H,27,31). The molecule has 1 amide bonds. The first-order valence-electron chi connectivity index (χ1n) is 11.0. The zero-order valence-corrected chi connectivity index (χ0v) is 20.6. The minimum atomic E-state index is -0.594. The predicted octanol–water partition coefficient (Wildman–Crippen LogP) is 4.84. The highest BCUT2D eigenvalue weighted by Gasteiger charge is 2.16. The number of carbonyl (C=O) groups excluding carboxylic acids is 2. The largest absolute Gasteiger partial charge is 0.466 e. The molecule has 1 heterocycles. The molecular formula is C25H29N3O5S. The van der Waals surface area contributed by atoms with Crippen LogP contribution in [-0.2, 0) is 20.8 Å². The molecule has 0 aliphatic carbocycles. The first kappa shape index (κ1) is 25.3. The van der Waals surface area contributed by atoms with Crippen molar-refractivity contribution in [3.63, 3.8) is 0 Å². The number of rotatable bonds is 8. The zero-order chi connectivity index (χ0) is 24.7. The van der Waals surface area contributed by atoms with Crippen LogP contribution < -0.4 is 10.9 Å². The Balaban J connectivity index is 1.70. The van der Waals surface area contributed by atoms with Crippen molar-refractivity contribution in [2.45, 2.75) is 51.2 Å². The maximum absolute atomic E-state index is 13.0. The average Bonchev–Trinajstić information content (AvgIpc) is 2.75. The molecule has 1 N–H and O–H groups in total. The lowest BCUT2D eigenvalue weighted by Crippen LogP contribution is -2.27. The van der Waals surface area contributed by atoms with Gasteiger partial charge in [0.15, 0.2) is 0 Å². The van der Waals surface area contributed by atoms with Gasteiger partial charge in [-0.15, -0.1) is 11.8 Å². The Morgan fingerprint density at radius 3 is 2.68 bits per heavy atom. The normalized spacial score (nSPS) is 11.3. The van der Waals surface area contributed by atoms with E-state index in [1.807, 2.05) is 18.2 Å². The molecule has 0 radical (unpaired) electrons. The molecule has 0 spiro atoms. The number of thioether (sulfide) groups is 1. The summed E-state index contributed by atoms with van der Waals surface area (Å²) < 4.78 is 11.6. The fourth-order valence-electron chi connectivity index (χ4n) is 3.20. The van der Waals surface area contributed by atoms with Gasteiger partial charge in [0.2, 0.25) is 0 Å². The molecule has 0 fully saturated rings. The van der Waals surface area contributed by atoms with Gasteiger partial charge < -0.3 is 9.47 Å². The van der Waals surface area contributed by atoms with Gasteiger partial charge in [-0.25, -0.2) is 9.48 Å². The van der Waals surface area contributed by atoms with E-state index in [9.17, 15) is 14.4 Å². The Morgan fingerprint density at radius 2 is 1.94 bits per heavy atom. The van der Waals surface area contributed by atoms with E-state index in [0.717, 1.165) is 15.8 Å². The van der Waals surface area contributed by atoms with Crippen molar-refractivity contribution < 1.29 is 19.1 Å². The fraction of sp³-hybridized carbons (Fsp3) is 0.360. The number of nitrogens with zero attached hydrogens (tertiary/aromatic N) is 2. The quantitative estimate of drug-likeness (QED) is 0.362. The number of anilines is 1. The first-order valence-corrected chi connectivity index (χ1v) is 12.0. The molecule has 0 atom stereocenters. The van der Waals surface area contributed by atoms with E-state index in [2.05, 4.69) is 10.4 Å². The molecular weight excluding hydrogens is 454 g/mol. The third kappa shape index (κ3) is 7.34. The molecule has 0 aliphatic heterocycles. The van der Waals surface area contributed by atoms with Crippen molar-refractivity contribution in [3.8, 4) is 0 Å². The second-order valence-corrected chi connectivity index (χ2v) is 9.76. The molecule has 0 saturated carbocycles. The number of esters is 1. The molecule has 180 valence electrons. The van der Waals surface area contributed by atoms with Gasteiger partial charge >= 0.3 is 12.1 Å². The van der Waals surface area contributed by atoms with Gasteiger partial charge in [0.05, 0.1) is 31.2 Å². The summed E-state index contributed by atoms with van der Waals surface area (Å²) in [5.41, 5.74) is 0.591. The molecule has 0 aliphatic rings. The minimum absolute atomic E-state index is 0.203. The number of carbonyl (C=O) groups is 2. The van der Waals surface area contributed by atoms with Crippen LogP contribution in [0.15, 0.2) is 58.4 Å². The molecule has 1 aromatic heterocycles. The third-order valence-electron chi connectivity index (χ3n) is 4.61. The number of ether oxygens (including phenoxy) is 2. The molecule has 34 heavy (non-hydrogen) atoms. The number of hydrogen-bond acceptors (Lipinski definition) is 7. The van der Waals surface area contributed by atoms with E-state index < -0.39 is 11.7 Å². The van der Waals surface area contributed by atoms with E-state index in [0.29, 0.717) is 29.9 Å². The van der Waals surface area contributed by atoms with E-state index in [-0.39, 0.29) is 18.1 Å². The summed E-state index contributed by atoms with van der Waals surface area (Å²) in [7, 11) is 0. The summed E-state index contributed by atoms with van der Waals surface area (Å²) in [6.07, 6.45) is 1.45. The Bertz CT molecular complexity index is 1230. The summed E-state index contributed by atoms with van der Waals surface area (Å²) in [5.74, 6) is 0.383. The van der Waals surface area contributed by atoms with E-state index in [1.54, 1.807) is 58.2 Å². The van der Waals surface area contributed by atoms with Crippen molar-refractivity contribution in [1.29, 1.82) is 0 Å². The van der Waals surface area contributed by atoms with Gasteiger partial charge in [-0.2, -0.15) is 5.10 Å².